The predicted molar refractivity (Wildman–Crippen MR) is 306 cm³/mol. The summed E-state index contributed by atoms with van der Waals surface area (Å²) in [6.45, 7) is 13.0. The molecule has 16 rings (SSSR count). The molecule has 0 nitrogen and oxygen atoms in total. The van der Waals surface area contributed by atoms with Gasteiger partial charge in [0.15, 0.2) is 0 Å². The van der Waals surface area contributed by atoms with Gasteiger partial charge in [-0.05, 0) is 175 Å². The van der Waals surface area contributed by atoms with E-state index in [1.807, 2.05) is 0 Å². The maximum Gasteiger partial charge on any atom is 2.00 e. The normalized spacial score (nSPS) is 26.2. The standard InChI is InChI=1S/2C34H35.C2H6Si.Zr/c2*1-22-3-7-28(8-4-22)30-11-12-31(29-9-5-23(2)6-10-29)33-17-27(16-32(30)33)21-34-18-24-13-25(19-34)15-26(14-24)20-34;1-3-2;/h2*3-12,16-17,24-26H,13-15,18-21H2,1-2H3;1-2H3;/q2*-1;;+2. The molecule has 72 heavy (non-hydrogen) atoms. The monoisotopic (exact) mass is 1030 g/mol. The Hall–Kier alpha value is -4.36. The maximum absolute atomic E-state index is 2.56. The van der Waals surface area contributed by atoms with E-state index in [9.17, 15) is 0 Å². The van der Waals surface area contributed by atoms with Gasteiger partial charge < -0.3 is 0 Å². The minimum atomic E-state index is 0. The van der Waals surface area contributed by atoms with Crippen molar-refractivity contribution in [3.8, 4) is 44.5 Å². The Morgan fingerprint density at radius 3 is 0.875 bits per heavy atom. The van der Waals surface area contributed by atoms with Gasteiger partial charge in [0, 0.05) is 9.52 Å². The van der Waals surface area contributed by atoms with E-state index in [0.29, 0.717) is 10.8 Å². The van der Waals surface area contributed by atoms with Crippen LogP contribution in [0.1, 0.15) is 110 Å². The molecule has 0 unspecified atom stereocenters. The predicted octanol–water partition coefficient (Wildman–Crippen LogP) is 19.3. The molecule has 8 aliphatic carbocycles. The zero-order valence-electron chi connectivity index (χ0n) is 44.2. The largest absolute Gasteiger partial charge is 2.00 e. The van der Waals surface area contributed by atoms with Crippen LogP contribution in [0.25, 0.3) is 66.1 Å². The van der Waals surface area contributed by atoms with Crippen LogP contribution in [-0.4, -0.2) is 9.52 Å². The maximum atomic E-state index is 2.56. The molecule has 0 amide bonds. The summed E-state index contributed by atoms with van der Waals surface area (Å²) in [4.78, 5) is 0. The van der Waals surface area contributed by atoms with Crippen LogP contribution in [0.5, 0.6) is 0 Å². The Labute approximate surface area is 454 Å². The third-order valence-electron chi connectivity index (χ3n) is 18.8. The molecular formula is C70H76SiZr. The average molecular weight is 1040 g/mol. The van der Waals surface area contributed by atoms with Crippen molar-refractivity contribution in [1.82, 2.24) is 0 Å². The van der Waals surface area contributed by atoms with Crippen molar-refractivity contribution in [2.45, 2.75) is 131 Å². The topological polar surface area (TPSA) is 0 Å². The van der Waals surface area contributed by atoms with E-state index in [0.717, 1.165) is 45.0 Å². The quantitative estimate of drug-likeness (QED) is 0.105. The van der Waals surface area contributed by atoms with Crippen LogP contribution in [0.3, 0.4) is 0 Å². The summed E-state index contributed by atoms with van der Waals surface area (Å²) in [6.07, 6.45) is 20.6. The van der Waals surface area contributed by atoms with Gasteiger partial charge in [-0.2, -0.15) is 12.1 Å². The van der Waals surface area contributed by atoms with Crippen LogP contribution in [0.15, 0.2) is 146 Å². The fourth-order valence-electron chi connectivity index (χ4n) is 16.7. The third-order valence-corrected chi connectivity index (χ3v) is 18.8. The molecule has 0 heterocycles. The number of benzene rings is 6. The first-order chi connectivity index (χ1) is 34.5. The molecular weight excluding hydrogens is 960 g/mol. The summed E-state index contributed by atoms with van der Waals surface area (Å²) in [5.74, 6) is 6.09. The number of hydrogen-bond donors (Lipinski definition) is 0. The van der Waals surface area contributed by atoms with Crippen LogP contribution in [0, 0.1) is 74.0 Å². The molecule has 0 spiro atoms. The summed E-state index contributed by atoms with van der Waals surface area (Å²) in [5.41, 5.74) is 20.4. The number of hydrogen-bond acceptors (Lipinski definition) is 0. The summed E-state index contributed by atoms with van der Waals surface area (Å²) >= 11 is 0. The molecule has 8 aromatic carbocycles. The molecule has 0 aromatic heterocycles. The van der Waals surface area contributed by atoms with Crippen molar-refractivity contribution < 1.29 is 26.2 Å². The van der Waals surface area contributed by atoms with Crippen LogP contribution in [0.2, 0.25) is 13.1 Å². The van der Waals surface area contributed by atoms with E-state index in [1.165, 1.54) is 178 Å². The van der Waals surface area contributed by atoms with Gasteiger partial charge in [0.2, 0.25) is 0 Å². The molecule has 0 N–H and O–H groups in total. The van der Waals surface area contributed by atoms with Crippen molar-refractivity contribution in [2.24, 2.45) is 46.3 Å². The van der Waals surface area contributed by atoms with Gasteiger partial charge in [0.25, 0.3) is 0 Å². The van der Waals surface area contributed by atoms with Gasteiger partial charge >= 0.3 is 26.2 Å². The van der Waals surface area contributed by atoms with Gasteiger partial charge in [-0.25, -0.2) is 0 Å². The van der Waals surface area contributed by atoms with Gasteiger partial charge in [-0.3, -0.25) is 0 Å². The molecule has 8 saturated carbocycles. The molecule has 364 valence electrons. The smallest absolute Gasteiger partial charge is 0.164 e. The van der Waals surface area contributed by atoms with E-state index < -0.39 is 0 Å². The zero-order chi connectivity index (χ0) is 48.4. The van der Waals surface area contributed by atoms with Crippen LogP contribution in [0.4, 0.5) is 0 Å². The SMILES string of the molecule is C[Si]C.Cc1ccc(-c2ccc(-c3ccc(C)cc3)c3[cH-]c(CC45CC6CC(CC(C6)C4)C5)cc23)cc1.Cc1ccc(-c2ccc(-c3ccc(C)cc3)c3[cH-]c(CC45CC6CC(CC(C6)C4)C5)cc23)cc1.[Zr+2]. The summed E-state index contributed by atoms with van der Waals surface area (Å²) in [7, 11) is 1.08. The second kappa shape index (κ2) is 20.4. The molecule has 0 atom stereocenters. The minimum absolute atomic E-state index is 0. The zero-order valence-corrected chi connectivity index (χ0v) is 47.7. The van der Waals surface area contributed by atoms with Crippen molar-refractivity contribution >= 4 is 31.1 Å². The molecule has 8 fully saturated rings. The summed E-state index contributed by atoms with van der Waals surface area (Å²) in [6, 6.07) is 56.0. The molecule has 0 aliphatic heterocycles. The number of fused-ring (bicyclic) bond motifs is 2. The average Bonchev–Trinajstić information content (AvgIpc) is 3.96. The second-order valence-electron chi connectivity index (χ2n) is 24.9. The van der Waals surface area contributed by atoms with Gasteiger partial charge in [-0.15, -0.1) is 44.8 Å². The first kappa shape index (κ1) is 49.8. The van der Waals surface area contributed by atoms with Crippen LogP contribution < -0.4 is 0 Å². The number of rotatable bonds is 8. The molecule has 8 aliphatic rings. The van der Waals surface area contributed by atoms with E-state index in [1.54, 1.807) is 11.1 Å². The van der Waals surface area contributed by atoms with Gasteiger partial charge in [0.1, 0.15) is 0 Å². The van der Waals surface area contributed by atoms with E-state index in [4.69, 9.17) is 0 Å². The van der Waals surface area contributed by atoms with Crippen molar-refractivity contribution in [3.05, 3.63) is 179 Å². The summed E-state index contributed by atoms with van der Waals surface area (Å²) in [5, 5.41) is 5.73. The third kappa shape index (κ3) is 10.00. The van der Waals surface area contributed by atoms with Gasteiger partial charge in [-0.1, -0.05) is 190 Å². The van der Waals surface area contributed by atoms with E-state index >= 15 is 0 Å². The van der Waals surface area contributed by atoms with Gasteiger partial charge in [0.05, 0.1) is 0 Å². The Morgan fingerprint density at radius 1 is 0.375 bits per heavy atom. The second-order valence-corrected chi connectivity index (χ2v) is 25.9. The fraction of sp³-hybridized carbons (Fsp3) is 0.400. The van der Waals surface area contributed by atoms with Crippen molar-refractivity contribution in [3.63, 3.8) is 0 Å². The molecule has 8 aromatic rings. The van der Waals surface area contributed by atoms with E-state index in [-0.39, 0.29) is 26.2 Å². The Morgan fingerprint density at radius 2 is 0.611 bits per heavy atom. The van der Waals surface area contributed by atoms with Crippen LogP contribution >= 0.6 is 0 Å². The Balaban J connectivity index is 0.000000146. The van der Waals surface area contributed by atoms with Crippen molar-refractivity contribution in [2.75, 3.05) is 0 Å². The molecule has 2 heteroatoms. The fourth-order valence-corrected chi connectivity index (χ4v) is 16.7. The van der Waals surface area contributed by atoms with E-state index in [2.05, 4.69) is 186 Å². The molecule has 8 bridgehead atoms. The Kier molecular flexibility index (Phi) is 14.1. The first-order valence-corrected chi connectivity index (χ1v) is 29.8. The first-order valence-electron chi connectivity index (χ1n) is 27.8. The van der Waals surface area contributed by atoms with Crippen LogP contribution in [-0.2, 0) is 39.0 Å². The number of aryl methyl sites for hydroxylation is 4. The molecule has 2 radical (unpaired) electrons. The summed E-state index contributed by atoms with van der Waals surface area (Å²) < 4.78 is 0. The molecule has 0 saturated heterocycles. The van der Waals surface area contributed by atoms with Crippen molar-refractivity contribution in [1.29, 1.82) is 0 Å². The minimum Gasteiger partial charge on any atom is -0.164 e. The Bertz CT molecular complexity index is 2700.